The highest BCUT2D eigenvalue weighted by molar-refractivity contribution is 7.89. The van der Waals surface area contributed by atoms with E-state index in [9.17, 15) is 38.3 Å². The summed E-state index contributed by atoms with van der Waals surface area (Å²) < 4.78 is 29.4. The Hall–Kier alpha value is -3.45. The molecule has 62 heavy (non-hydrogen) atoms. The first-order valence-electron chi connectivity index (χ1n) is 23.0. The van der Waals surface area contributed by atoms with Gasteiger partial charge in [-0.3, -0.25) is 19.7 Å². The minimum Gasteiger partial charge on any atom is -0.393 e. The summed E-state index contributed by atoms with van der Waals surface area (Å²) in [7, 11) is -4.18. The first-order valence-corrected chi connectivity index (χ1v) is 24.5. The molecule has 5 aliphatic carbocycles. The van der Waals surface area contributed by atoms with E-state index in [-0.39, 0.29) is 98.6 Å². The van der Waals surface area contributed by atoms with Crippen LogP contribution in [-0.4, -0.2) is 70.9 Å². The number of allylic oxidation sites excluding steroid dienone is 2. The quantitative estimate of drug-likeness (QED) is 0.141. The summed E-state index contributed by atoms with van der Waals surface area (Å²) in [5.74, 6) is 0.0240. The highest BCUT2D eigenvalue weighted by atomic mass is 32.2. The van der Waals surface area contributed by atoms with Crippen molar-refractivity contribution in [1.82, 2.24) is 9.62 Å². The van der Waals surface area contributed by atoms with E-state index in [0.717, 1.165) is 56.2 Å². The molecule has 3 N–H and O–H groups in total. The van der Waals surface area contributed by atoms with Gasteiger partial charge in [-0.2, -0.15) is 4.31 Å². The number of aliphatic hydroxyl groups excluding tert-OH is 2. The molecule has 0 bridgehead atoms. The summed E-state index contributed by atoms with van der Waals surface area (Å²) in [6.45, 7) is 19.4. The van der Waals surface area contributed by atoms with Crippen LogP contribution in [0.15, 0.2) is 71.1 Å². The molecule has 0 aliphatic heterocycles. The normalized spacial score (nSPS) is 36.3. The third kappa shape index (κ3) is 7.70. The molecule has 0 aromatic heterocycles. The van der Waals surface area contributed by atoms with Gasteiger partial charge in [-0.15, -0.1) is 0 Å². The first-order chi connectivity index (χ1) is 28.8. The Morgan fingerprint density at radius 2 is 1.55 bits per heavy atom. The van der Waals surface area contributed by atoms with E-state index in [0.29, 0.717) is 19.3 Å². The number of rotatable bonds is 12. The molecular weight excluding hydrogens is 803 g/mol. The maximum Gasteiger partial charge on any atom is 0.269 e. The van der Waals surface area contributed by atoms with Crippen molar-refractivity contribution in [3.05, 3.63) is 81.9 Å². The molecule has 4 saturated carbocycles. The molecule has 1 amide bonds. The van der Waals surface area contributed by atoms with Crippen LogP contribution < -0.4 is 5.32 Å². The predicted molar refractivity (Wildman–Crippen MR) is 240 cm³/mol. The van der Waals surface area contributed by atoms with Crippen molar-refractivity contribution in [1.29, 1.82) is 0 Å². The number of sulfonamides is 1. The summed E-state index contributed by atoms with van der Waals surface area (Å²) in [5, 5.41) is 37.8. The van der Waals surface area contributed by atoms with Crippen molar-refractivity contribution in [2.75, 3.05) is 13.1 Å². The van der Waals surface area contributed by atoms with E-state index < -0.39 is 32.5 Å². The summed E-state index contributed by atoms with van der Waals surface area (Å²) in [6.07, 6.45) is 8.05. The zero-order chi connectivity index (χ0) is 45.4. The number of aliphatic hydroxyl groups is 2. The molecule has 0 radical (unpaired) electrons. The number of nitro groups is 1. The Morgan fingerprint density at radius 1 is 0.903 bits per heavy atom. The Balaban J connectivity index is 1.17. The molecule has 4 fully saturated rings. The molecule has 11 atom stereocenters. The number of non-ortho nitro benzene ring substituents is 1. The van der Waals surface area contributed by atoms with Crippen LogP contribution in [0.5, 0.6) is 0 Å². The van der Waals surface area contributed by atoms with Crippen LogP contribution in [0.1, 0.15) is 126 Å². The maximum atomic E-state index is 14.9. The van der Waals surface area contributed by atoms with E-state index in [1.165, 1.54) is 22.0 Å². The van der Waals surface area contributed by atoms with Crippen LogP contribution in [0.25, 0.3) is 0 Å². The number of nitro benzene ring substituents is 1. The van der Waals surface area contributed by atoms with Gasteiger partial charge in [-0.25, -0.2) is 8.42 Å². The van der Waals surface area contributed by atoms with Crippen molar-refractivity contribution < 1.29 is 33.1 Å². The average Bonchev–Trinajstić information content (AvgIpc) is 3.20. The lowest BCUT2D eigenvalue weighted by Gasteiger charge is -2.70. The molecule has 2 aromatic carbocycles. The van der Waals surface area contributed by atoms with Gasteiger partial charge in [-0.05, 0) is 133 Å². The lowest BCUT2D eigenvalue weighted by atomic mass is 9.33. The van der Waals surface area contributed by atoms with E-state index >= 15 is 0 Å². The van der Waals surface area contributed by atoms with Crippen molar-refractivity contribution in [3.63, 3.8) is 0 Å². The Bertz CT molecular complexity index is 2190. The maximum absolute atomic E-state index is 14.9. The zero-order valence-corrected chi connectivity index (χ0v) is 39.3. The van der Waals surface area contributed by atoms with E-state index in [4.69, 9.17) is 0 Å². The molecular formula is C50H71N3O8S. The van der Waals surface area contributed by atoms with Gasteiger partial charge in [0.2, 0.25) is 15.9 Å². The van der Waals surface area contributed by atoms with E-state index in [1.54, 1.807) is 0 Å². The molecule has 2 aromatic rings. The smallest absolute Gasteiger partial charge is 0.269 e. The number of carbonyl (C=O) groups excluding carboxylic acids is 2. The Kier molecular flexibility index (Phi) is 12.2. The van der Waals surface area contributed by atoms with Crippen LogP contribution in [0.3, 0.4) is 0 Å². The number of fused-ring (bicyclic) bond motifs is 7. The van der Waals surface area contributed by atoms with Gasteiger partial charge in [-0.1, -0.05) is 98.2 Å². The minimum absolute atomic E-state index is 0.00786. The minimum atomic E-state index is -4.18. The predicted octanol–water partition coefficient (Wildman–Crippen LogP) is 8.67. The second-order valence-corrected chi connectivity index (χ2v) is 24.4. The largest absolute Gasteiger partial charge is 0.393 e. The van der Waals surface area contributed by atoms with Gasteiger partial charge in [0.1, 0.15) is 0 Å². The lowest BCUT2D eigenvalue weighted by Crippen LogP contribution is -2.66. The molecule has 0 unspecified atom stereocenters. The average molecular weight is 874 g/mol. The third-order valence-electron chi connectivity index (χ3n) is 17.8. The topological polar surface area (TPSA) is 167 Å². The SMILES string of the molecule is CC(C)CN(C[C@@H](O)[C@H](Cc1ccccc1)NC(=O)[C@@]1(C)CC[C@]2(C)CC[C@]3(C)C(=CC(=O)[C@@H]4[C@@]5(C)CC[C@H](O)C(C)(C)[C@@H]5CC[C@]43C)[C@@H]2C1)S(=O)(=O)c1ccc([N+](=O)[O-])cc1. The Morgan fingerprint density at radius 3 is 2.18 bits per heavy atom. The van der Waals surface area contributed by atoms with Crippen LogP contribution in [0.4, 0.5) is 5.69 Å². The zero-order valence-electron chi connectivity index (χ0n) is 38.4. The van der Waals surface area contributed by atoms with Crippen LogP contribution >= 0.6 is 0 Å². The molecule has 11 nitrogen and oxygen atoms in total. The van der Waals surface area contributed by atoms with E-state index in [1.807, 2.05) is 57.2 Å². The fourth-order valence-electron chi connectivity index (χ4n) is 13.8. The van der Waals surface area contributed by atoms with Gasteiger partial charge >= 0.3 is 0 Å². The number of carbonyl (C=O) groups is 2. The highest BCUT2D eigenvalue weighted by Crippen LogP contribution is 2.75. The summed E-state index contributed by atoms with van der Waals surface area (Å²) >= 11 is 0. The van der Waals surface area contributed by atoms with Gasteiger partial charge in [0.25, 0.3) is 5.69 Å². The third-order valence-corrected chi connectivity index (χ3v) is 19.7. The molecule has 7 rings (SSSR count). The van der Waals surface area contributed by atoms with Crippen molar-refractivity contribution >= 4 is 27.4 Å². The van der Waals surface area contributed by atoms with Crippen molar-refractivity contribution in [3.8, 4) is 0 Å². The van der Waals surface area contributed by atoms with Gasteiger partial charge in [0.15, 0.2) is 5.78 Å². The number of hydrogen-bond donors (Lipinski definition) is 3. The van der Waals surface area contributed by atoms with Gasteiger partial charge in [0.05, 0.1) is 28.1 Å². The summed E-state index contributed by atoms with van der Waals surface area (Å²) in [5.41, 5.74) is -0.0564. The lowest BCUT2D eigenvalue weighted by molar-refractivity contribution is -0.384. The van der Waals surface area contributed by atoms with Crippen LogP contribution in [0, 0.1) is 66.3 Å². The number of amides is 1. The van der Waals surface area contributed by atoms with E-state index in [2.05, 4.69) is 46.9 Å². The van der Waals surface area contributed by atoms with Crippen molar-refractivity contribution in [2.24, 2.45) is 56.2 Å². The summed E-state index contributed by atoms with van der Waals surface area (Å²) in [6, 6.07) is 13.4. The number of hydrogen-bond acceptors (Lipinski definition) is 8. The number of nitrogens with one attached hydrogen (secondary N) is 1. The number of nitrogens with zero attached hydrogens (tertiary/aromatic N) is 2. The molecule has 0 saturated heterocycles. The standard InChI is InChI=1S/C50H71N3O8S/c1-32(2)30-52(62(60,61)35-17-15-34(16-18-35)53(58)59)31-40(55)38(27-33-13-11-10-12-14-33)51-44(57)47(6)24-23-46(5)25-26-49(8)36(37(46)29-47)28-39(54)43-48(7)21-20-42(56)45(3,4)41(48)19-22-50(43,49)9/h10-18,28,32,37-38,40-43,55-56H,19-27,29-31H2,1-9H3,(H,51,57)/t37-,38-,40+,41-,42-,43+,46+,47-,48-,49+,50+/m0/s1. The fraction of sp³-hybridized carbons (Fsp3) is 0.680. The van der Waals surface area contributed by atoms with Crippen molar-refractivity contribution in [2.45, 2.75) is 150 Å². The summed E-state index contributed by atoms with van der Waals surface area (Å²) in [4.78, 5) is 40.4. The second-order valence-electron chi connectivity index (χ2n) is 22.4. The molecule has 0 heterocycles. The molecule has 12 heteroatoms. The fourth-order valence-corrected chi connectivity index (χ4v) is 15.4. The van der Waals surface area contributed by atoms with Crippen LogP contribution in [0.2, 0.25) is 0 Å². The van der Waals surface area contributed by atoms with Crippen LogP contribution in [-0.2, 0) is 26.0 Å². The van der Waals surface area contributed by atoms with Gasteiger partial charge < -0.3 is 15.5 Å². The monoisotopic (exact) mass is 873 g/mol. The molecule has 5 aliphatic rings. The second kappa shape index (κ2) is 16.2. The molecule has 340 valence electrons. The Labute approximate surface area is 369 Å². The molecule has 0 spiro atoms. The first kappa shape index (κ1) is 46.5. The number of benzene rings is 2. The highest BCUT2D eigenvalue weighted by Gasteiger charge is 2.70. The number of ketones is 1. The van der Waals surface area contributed by atoms with Gasteiger partial charge in [0, 0.05) is 36.6 Å².